The first-order valence-electron chi connectivity index (χ1n) is 6.65. The Bertz CT molecular complexity index is 596. The fourth-order valence-electron chi connectivity index (χ4n) is 1.90. The summed E-state index contributed by atoms with van der Waals surface area (Å²) in [5.74, 6) is 0.865. The maximum Gasteiger partial charge on any atom is 0.145 e. The number of aryl methyl sites for hydroxylation is 1. The molecule has 1 heterocycles. The Kier molecular flexibility index (Phi) is 4.03. The van der Waals surface area contributed by atoms with Crippen LogP contribution in [0.5, 0.6) is 5.75 Å². The fraction of sp³-hybridized carbons (Fsp3) is 0.429. The smallest absolute Gasteiger partial charge is 0.145 e. The van der Waals surface area contributed by atoms with Crippen molar-refractivity contribution in [2.45, 2.75) is 39.0 Å². The molecule has 20 heavy (non-hydrogen) atoms. The molecule has 1 aliphatic rings. The number of hydrogen-bond donors (Lipinski definition) is 1. The van der Waals surface area contributed by atoms with Crippen LogP contribution in [0.3, 0.4) is 0 Å². The molecule has 5 nitrogen and oxygen atoms in total. The molecular formula is C14H16BrN3O2. The van der Waals surface area contributed by atoms with Gasteiger partial charge in [-0.15, -0.1) is 0 Å². The molecule has 0 amide bonds. The lowest BCUT2D eigenvalue weighted by Gasteiger charge is -2.12. The molecule has 1 aromatic carbocycles. The first-order valence-corrected chi connectivity index (χ1v) is 7.44. The molecule has 1 N–H and O–H groups in total. The first-order chi connectivity index (χ1) is 9.72. The van der Waals surface area contributed by atoms with Gasteiger partial charge in [0.15, 0.2) is 0 Å². The summed E-state index contributed by atoms with van der Waals surface area (Å²) < 4.78 is 11.6. The minimum atomic E-state index is 0.368. The Balaban J connectivity index is 1.68. The van der Waals surface area contributed by atoms with E-state index in [-0.39, 0.29) is 0 Å². The predicted octanol–water partition coefficient (Wildman–Crippen LogP) is 2.97. The number of hydrogen-bond acceptors (Lipinski definition) is 5. The molecule has 106 valence electrons. The lowest BCUT2D eigenvalue weighted by atomic mass is 10.2. The number of benzene rings is 1. The second-order valence-electron chi connectivity index (χ2n) is 4.99. The third-order valence-corrected chi connectivity index (χ3v) is 3.79. The highest BCUT2D eigenvalue weighted by Gasteiger charge is 2.20. The molecule has 1 aliphatic carbocycles. The highest BCUT2D eigenvalue weighted by molar-refractivity contribution is 9.10. The molecule has 0 aliphatic heterocycles. The summed E-state index contributed by atoms with van der Waals surface area (Å²) >= 11 is 3.50. The monoisotopic (exact) mass is 337 g/mol. The minimum Gasteiger partial charge on any atom is -0.487 e. The normalized spacial score (nSPS) is 14.5. The van der Waals surface area contributed by atoms with Crippen LogP contribution < -0.4 is 10.1 Å². The van der Waals surface area contributed by atoms with E-state index in [0.717, 1.165) is 33.7 Å². The Morgan fingerprint density at radius 1 is 1.40 bits per heavy atom. The van der Waals surface area contributed by atoms with Crippen molar-refractivity contribution in [3.8, 4) is 5.75 Å². The van der Waals surface area contributed by atoms with Gasteiger partial charge >= 0.3 is 0 Å². The van der Waals surface area contributed by atoms with Crippen molar-refractivity contribution in [3.05, 3.63) is 39.6 Å². The second kappa shape index (κ2) is 5.93. The van der Waals surface area contributed by atoms with Crippen LogP contribution in [-0.2, 0) is 13.2 Å². The maximum absolute atomic E-state index is 5.85. The predicted molar refractivity (Wildman–Crippen MR) is 77.4 cm³/mol. The van der Waals surface area contributed by atoms with Gasteiger partial charge in [-0.2, -0.15) is 0 Å². The van der Waals surface area contributed by atoms with Gasteiger partial charge in [0.05, 0.1) is 0 Å². The van der Waals surface area contributed by atoms with Gasteiger partial charge in [-0.3, -0.25) is 0 Å². The van der Waals surface area contributed by atoms with Crippen LogP contribution in [0, 0.1) is 6.92 Å². The molecule has 0 unspecified atom stereocenters. The standard InChI is InChI=1S/C14H16BrN3O2/c1-9-13(18-20-17-9)8-19-14-5-2-11(15)6-10(14)7-16-12-3-4-12/h2,5-6,12,16H,3-4,7-8H2,1H3. The average Bonchev–Trinajstić information content (AvgIpc) is 3.18. The zero-order chi connectivity index (χ0) is 13.9. The van der Waals surface area contributed by atoms with Gasteiger partial charge in [0, 0.05) is 22.6 Å². The molecule has 1 saturated carbocycles. The van der Waals surface area contributed by atoms with Crippen molar-refractivity contribution >= 4 is 15.9 Å². The molecular weight excluding hydrogens is 322 g/mol. The van der Waals surface area contributed by atoms with Crippen LogP contribution in [0.2, 0.25) is 0 Å². The van der Waals surface area contributed by atoms with Gasteiger partial charge in [-0.1, -0.05) is 26.2 Å². The fourth-order valence-corrected chi connectivity index (χ4v) is 2.30. The van der Waals surface area contributed by atoms with E-state index in [0.29, 0.717) is 12.6 Å². The summed E-state index contributed by atoms with van der Waals surface area (Å²) in [6, 6.07) is 6.70. The summed E-state index contributed by atoms with van der Waals surface area (Å²) in [5, 5.41) is 11.1. The van der Waals surface area contributed by atoms with Crippen LogP contribution in [0.4, 0.5) is 0 Å². The Morgan fingerprint density at radius 3 is 2.95 bits per heavy atom. The van der Waals surface area contributed by atoms with E-state index in [4.69, 9.17) is 4.74 Å². The quantitative estimate of drug-likeness (QED) is 0.877. The van der Waals surface area contributed by atoms with Crippen molar-refractivity contribution in [1.29, 1.82) is 0 Å². The lowest BCUT2D eigenvalue weighted by molar-refractivity contribution is 0.268. The van der Waals surface area contributed by atoms with E-state index >= 15 is 0 Å². The summed E-state index contributed by atoms with van der Waals surface area (Å²) in [7, 11) is 0. The van der Waals surface area contributed by atoms with E-state index in [1.54, 1.807) is 0 Å². The van der Waals surface area contributed by atoms with Crippen molar-refractivity contribution in [1.82, 2.24) is 15.6 Å². The number of ether oxygens (including phenoxy) is 1. The topological polar surface area (TPSA) is 60.2 Å². The highest BCUT2D eigenvalue weighted by Crippen LogP contribution is 2.26. The molecule has 1 aromatic heterocycles. The summed E-state index contributed by atoms with van der Waals surface area (Å²) in [5.41, 5.74) is 2.63. The van der Waals surface area contributed by atoms with Gasteiger partial charge in [0.25, 0.3) is 0 Å². The Hall–Kier alpha value is -1.40. The molecule has 0 radical (unpaired) electrons. The summed E-state index contributed by atoms with van der Waals surface area (Å²) in [6.07, 6.45) is 2.54. The Labute approximate surface area is 125 Å². The molecule has 0 spiro atoms. The maximum atomic E-state index is 5.85. The van der Waals surface area contributed by atoms with Crippen molar-refractivity contribution in [2.24, 2.45) is 0 Å². The lowest BCUT2D eigenvalue weighted by Crippen LogP contribution is -2.16. The summed E-state index contributed by atoms with van der Waals surface area (Å²) in [4.78, 5) is 0. The third-order valence-electron chi connectivity index (χ3n) is 3.29. The number of halogens is 1. The first kappa shape index (κ1) is 13.6. The van der Waals surface area contributed by atoms with Crippen molar-refractivity contribution in [3.63, 3.8) is 0 Å². The van der Waals surface area contributed by atoms with Gasteiger partial charge in [0.2, 0.25) is 0 Å². The van der Waals surface area contributed by atoms with E-state index in [9.17, 15) is 0 Å². The number of rotatable bonds is 6. The average molecular weight is 338 g/mol. The highest BCUT2D eigenvalue weighted by atomic mass is 79.9. The van der Waals surface area contributed by atoms with Gasteiger partial charge in [0.1, 0.15) is 23.7 Å². The molecule has 2 aromatic rings. The van der Waals surface area contributed by atoms with Crippen LogP contribution >= 0.6 is 15.9 Å². The minimum absolute atomic E-state index is 0.368. The Morgan fingerprint density at radius 2 is 2.25 bits per heavy atom. The van der Waals surface area contributed by atoms with Crippen LogP contribution in [-0.4, -0.2) is 16.4 Å². The van der Waals surface area contributed by atoms with E-state index < -0.39 is 0 Å². The zero-order valence-electron chi connectivity index (χ0n) is 11.2. The van der Waals surface area contributed by atoms with Crippen LogP contribution in [0.25, 0.3) is 0 Å². The molecule has 3 rings (SSSR count). The van der Waals surface area contributed by atoms with Gasteiger partial charge in [-0.25, -0.2) is 4.63 Å². The van der Waals surface area contributed by atoms with E-state index in [1.807, 2.05) is 19.1 Å². The van der Waals surface area contributed by atoms with Crippen LogP contribution in [0.1, 0.15) is 29.8 Å². The van der Waals surface area contributed by atoms with Gasteiger partial charge in [-0.05, 0) is 38.0 Å². The van der Waals surface area contributed by atoms with Crippen molar-refractivity contribution in [2.75, 3.05) is 0 Å². The zero-order valence-corrected chi connectivity index (χ0v) is 12.8. The second-order valence-corrected chi connectivity index (χ2v) is 5.91. The molecule has 0 bridgehead atoms. The molecule has 1 fully saturated rings. The van der Waals surface area contributed by atoms with E-state index in [1.165, 1.54) is 12.8 Å². The number of nitrogens with zero attached hydrogens (tertiary/aromatic N) is 2. The number of nitrogens with one attached hydrogen (secondary N) is 1. The van der Waals surface area contributed by atoms with E-state index in [2.05, 4.69) is 42.3 Å². The third kappa shape index (κ3) is 3.37. The van der Waals surface area contributed by atoms with Crippen LogP contribution in [0.15, 0.2) is 27.3 Å². The summed E-state index contributed by atoms with van der Waals surface area (Å²) in [6.45, 7) is 3.04. The molecule has 6 heteroatoms. The largest absolute Gasteiger partial charge is 0.487 e. The molecule has 0 atom stereocenters. The van der Waals surface area contributed by atoms with Gasteiger partial charge < -0.3 is 10.1 Å². The number of aromatic nitrogens is 2. The van der Waals surface area contributed by atoms with Crippen molar-refractivity contribution < 1.29 is 9.37 Å². The molecule has 0 saturated heterocycles. The SMILES string of the molecule is Cc1nonc1COc1ccc(Br)cc1CNC1CC1.